The van der Waals surface area contributed by atoms with Gasteiger partial charge in [0.15, 0.2) is 0 Å². The Kier molecular flexibility index (Phi) is 11.0. The summed E-state index contributed by atoms with van der Waals surface area (Å²) >= 11 is 0. The van der Waals surface area contributed by atoms with E-state index < -0.39 is 0 Å². The fourth-order valence-corrected chi connectivity index (χ4v) is 4.11. The van der Waals surface area contributed by atoms with E-state index >= 15 is 0 Å². The summed E-state index contributed by atoms with van der Waals surface area (Å²) in [7, 11) is 0. The summed E-state index contributed by atoms with van der Waals surface area (Å²) in [6.45, 7) is 5.25. The molecule has 0 aliphatic carbocycles. The van der Waals surface area contributed by atoms with Crippen LogP contribution in [-0.2, 0) is 19.3 Å². The van der Waals surface area contributed by atoms with Crippen LogP contribution in [0.3, 0.4) is 0 Å². The highest BCUT2D eigenvalue weighted by Gasteiger charge is 2.03. The number of aromatic nitrogens is 1. The summed E-state index contributed by atoms with van der Waals surface area (Å²) < 4.78 is 5.77. The van der Waals surface area contributed by atoms with Gasteiger partial charge in [-0.2, -0.15) is 0 Å². The molecule has 0 spiro atoms. The molecule has 33 heavy (non-hydrogen) atoms. The van der Waals surface area contributed by atoms with Crippen LogP contribution in [0.1, 0.15) is 81.9 Å². The fraction of sp³-hybridized carbons (Fsp3) is 0.452. The highest BCUT2D eigenvalue weighted by atomic mass is 16.5. The molecule has 1 aromatic heterocycles. The maximum atomic E-state index is 5.77. The molecule has 0 aliphatic heterocycles. The van der Waals surface area contributed by atoms with Gasteiger partial charge < -0.3 is 4.74 Å². The number of ether oxygens (including phenoxy) is 1. The highest BCUT2D eigenvalue weighted by molar-refractivity contribution is 5.59. The summed E-state index contributed by atoms with van der Waals surface area (Å²) in [6, 6.07) is 22.2. The summed E-state index contributed by atoms with van der Waals surface area (Å²) in [5.41, 5.74) is 6.41. The number of pyridine rings is 1. The Balaban J connectivity index is 1.43. The third-order valence-corrected chi connectivity index (χ3v) is 6.30. The number of aryl methyl sites for hydroxylation is 3. The van der Waals surface area contributed by atoms with Crippen LogP contribution in [0.5, 0.6) is 5.75 Å². The van der Waals surface area contributed by atoms with E-state index in [0.29, 0.717) is 0 Å². The predicted octanol–water partition coefficient (Wildman–Crippen LogP) is 8.62. The zero-order chi connectivity index (χ0) is 23.1. The maximum Gasteiger partial charge on any atom is 0.137 e. The molecule has 0 bridgehead atoms. The average Bonchev–Trinajstić information content (AvgIpc) is 2.87. The molecule has 1 heterocycles. The minimum absolute atomic E-state index is 0.769. The summed E-state index contributed by atoms with van der Waals surface area (Å²) in [4.78, 5) is 4.59. The van der Waals surface area contributed by atoms with Crippen molar-refractivity contribution in [1.82, 2.24) is 4.98 Å². The molecule has 0 saturated heterocycles. The second-order valence-electron chi connectivity index (χ2n) is 9.11. The molecule has 2 aromatic carbocycles. The molecule has 2 nitrogen and oxygen atoms in total. The van der Waals surface area contributed by atoms with Gasteiger partial charge in [0.05, 0.1) is 18.5 Å². The largest absolute Gasteiger partial charge is 0.492 e. The minimum Gasteiger partial charge on any atom is -0.492 e. The monoisotopic (exact) mass is 443 g/mol. The number of rotatable bonds is 15. The third-order valence-electron chi connectivity index (χ3n) is 6.30. The van der Waals surface area contributed by atoms with Crippen LogP contribution in [0.4, 0.5) is 0 Å². The lowest BCUT2D eigenvalue weighted by Crippen LogP contribution is -1.97. The molecular formula is C31H41NO. The Hall–Kier alpha value is -2.61. The van der Waals surface area contributed by atoms with Crippen LogP contribution in [0.25, 0.3) is 11.3 Å². The van der Waals surface area contributed by atoms with E-state index in [2.05, 4.69) is 73.4 Å². The van der Waals surface area contributed by atoms with Crippen molar-refractivity contribution in [2.75, 3.05) is 6.61 Å². The van der Waals surface area contributed by atoms with Gasteiger partial charge in [-0.05, 0) is 60.9 Å². The van der Waals surface area contributed by atoms with Crippen molar-refractivity contribution in [2.24, 2.45) is 0 Å². The molecule has 0 unspecified atom stereocenters. The molecule has 0 saturated carbocycles. The minimum atomic E-state index is 0.769. The van der Waals surface area contributed by atoms with Gasteiger partial charge in [0.25, 0.3) is 0 Å². The van der Waals surface area contributed by atoms with E-state index in [1.165, 1.54) is 68.1 Å². The van der Waals surface area contributed by atoms with Gasteiger partial charge in [-0.3, -0.25) is 4.98 Å². The number of unbranched alkanes of at least 4 members (excludes halogenated alkanes) is 6. The van der Waals surface area contributed by atoms with Gasteiger partial charge in [-0.15, -0.1) is 0 Å². The van der Waals surface area contributed by atoms with Gasteiger partial charge in [0.2, 0.25) is 0 Å². The lowest BCUT2D eigenvalue weighted by atomic mass is 10.00. The lowest BCUT2D eigenvalue weighted by molar-refractivity contribution is 0.305. The molecule has 0 amide bonds. The van der Waals surface area contributed by atoms with Crippen LogP contribution < -0.4 is 4.74 Å². The van der Waals surface area contributed by atoms with Gasteiger partial charge >= 0.3 is 0 Å². The molecule has 3 aromatic rings. The molecular weight excluding hydrogens is 402 g/mol. The quantitative estimate of drug-likeness (QED) is 0.219. The molecule has 0 atom stereocenters. The third kappa shape index (κ3) is 9.04. The summed E-state index contributed by atoms with van der Waals surface area (Å²) in [5, 5.41) is 0. The Morgan fingerprint density at radius 2 is 1.15 bits per heavy atom. The fourth-order valence-electron chi connectivity index (χ4n) is 4.11. The highest BCUT2D eigenvalue weighted by Crippen LogP contribution is 2.21. The van der Waals surface area contributed by atoms with E-state index in [-0.39, 0.29) is 0 Å². The van der Waals surface area contributed by atoms with Crippen LogP contribution in [0, 0.1) is 0 Å². The Morgan fingerprint density at radius 3 is 1.76 bits per heavy atom. The number of benzene rings is 2. The predicted molar refractivity (Wildman–Crippen MR) is 141 cm³/mol. The Labute approximate surface area is 201 Å². The SMILES string of the molecule is CCCCCCCc1ccc(CCc2ccc(-c3ccc(OCCCCC)cn3)cc2)cc1. The first-order valence-electron chi connectivity index (χ1n) is 13.0. The van der Waals surface area contributed by atoms with E-state index in [0.717, 1.165) is 42.9 Å². The molecule has 0 N–H and O–H groups in total. The van der Waals surface area contributed by atoms with Gasteiger partial charge in [-0.1, -0.05) is 101 Å². The van der Waals surface area contributed by atoms with Crippen LogP contribution >= 0.6 is 0 Å². The molecule has 0 aliphatic rings. The van der Waals surface area contributed by atoms with Gasteiger partial charge in [0.1, 0.15) is 5.75 Å². The summed E-state index contributed by atoms with van der Waals surface area (Å²) in [6.07, 6.45) is 15.5. The molecule has 3 rings (SSSR count). The first-order valence-corrected chi connectivity index (χ1v) is 13.0. The normalized spacial score (nSPS) is 11.0. The van der Waals surface area contributed by atoms with E-state index in [9.17, 15) is 0 Å². The van der Waals surface area contributed by atoms with Crippen molar-refractivity contribution in [3.05, 3.63) is 83.6 Å². The number of nitrogens with zero attached hydrogens (tertiary/aromatic N) is 1. The smallest absolute Gasteiger partial charge is 0.137 e. The number of hydrogen-bond acceptors (Lipinski definition) is 2. The molecule has 176 valence electrons. The van der Waals surface area contributed by atoms with E-state index in [1.807, 2.05) is 12.3 Å². The Morgan fingerprint density at radius 1 is 0.576 bits per heavy atom. The maximum absolute atomic E-state index is 5.77. The number of hydrogen-bond donors (Lipinski definition) is 0. The lowest BCUT2D eigenvalue weighted by Gasteiger charge is -2.08. The van der Waals surface area contributed by atoms with E-state index in [1.54, 1.807) is 0 Å². The summed E-state index contributed by atoms with van der Waals surface area (Å²) in [5.74, 6) is 0.856. The standard InChI is InChI=1S/C31H41NO/c1-3-5-7-8-9-11-26-12-14-27(15-13-26)16-17-28-18-20-29(21-19-28)31-23-22-30(25-32-31)33-24-10-6-4-2/h12-15,18-23,25H,3-11,16-17,24H2,1-2H3. The first-order chi connectivity index (χ1) is 16.3. The average molecular weight is 444 g/mol. The Bertz CT molecular complexity index is 897. The van der Waals surface area contributed by atoms with Crippen molar-refractivity contribution >= 4 is 0 Å². The van der Waals surface area contributed by atoms with Crippen LogP contribution in [-0.4, -0.2) is 11.6 Å². The zero-order valence-corrected chi connectivity index (χ0v) is 20.7. The van der Waals surface area contributed by atoms with Crippen LogP contribution in [0.2, 0.25) is 0 Å². The van der Waals surface area contributed by atoms with Crippen molar-refractivity contribution in [3.63, 3.8) is 0 Å². The second-order valence-corrected chi connectivity index (χ2v) is 9.11. The first kappa shape index (κ1) is 25.0. The van der Waals surface area contributed by atoms with Crippen molar-refractivity contribution in [2.45, 2.75) is 84.5 Å². The molecule has 2 heteroatoms. The molecule has 0 fully saturated rings. The topological polar surface area (TPSA) is 22.1 Å². The van der Waals surface area contributed by atoms with Crippen molar-refractivity contribution in [3.8, 4) is 17.0 Å². The van der Waals surface area contributed by atoms with Gasteiger partial charge in [-0.25, -0.2) is 0 Å². The molecule has 0 radical (unpaired) electrons. The van der Waals surface area contributed by atoms with E-state index in [4.69, 9.17) is 4.74 Å². The van der Waals surface area contributed by atoms with Crippen molar-refractivity contribution < 1.29 is 4.74 Å². The zero-order valence-electron chi connectivity index (χ0n) is 20.7. The van der Waals surface area contributed by atoms with Gasteiger partial charge in [0, 0.05) is 5.56 Å². The second kappa shape index (κ2) is 14.5. The van der Waals surface area contributed by atoms with Crippen LogP contribution in [0.15, 0.2) is 66.9 Å². The van der Waals surface area contributed by atoms with Crippen molar-refractivity contribution in [1.29, 1.82) is 0 Å².